The number of benzene rings is 1. The maximum Gasteiger partial charge on any atom is 0.308 e. The molecule has 0 bridgehead atoms. The molecule has 0 saturated heterocycles. The van der Waals surface area contributed by atoms with E-state index in [9.17, 15) is 9.90 Å². The molecule has 0 aliphatic rings. The van der Waals surface area contributed by atoms with Crippen molar-refractivity contribution in [1.82, 2.24) is 4.90 Å². The van der Waals surface area contributed by atoms with Crippen LogP contribution in [0.4, 0.5) is 0 Å². The summed E-state index contributed by atoms with van der Waals surface area (Å²) in [5, 5.41) is 9.20. The molecule has 0 aliphatic carbocycles. The average molecular weight is 263 g/mol. The number of carbonyl (C=O) groups is 1. The number of aliphatic carboxylic acids is 1. The molecular weight excluding hydrogens is 238 g/mol. The molecular formula is C16H25NO2. The second-order valence-electron chi connectivity index (χ2n) is 5.56. The molecule has 1 rings (SSSR count). The highest BCUT2D eigenvalue weighted by Gasteiger charge is 2.22. The number of aryl methyl sites for hydroxylation is 1. The van der Waals surface area contributed by atoms with Crippen LogP contribution in [0.1, 0.15) is 31.9 Å². The van der Waals surface area contributed by atoms with Gasteiger partial charge in [-0.15, -0.1) is 0 Å². The maximum atomic E-state index is 11.2. The van der Waals surface area contributed by atoms with Crippen LogP contribution >= 0.6 is 0 Å². The Bertz CT molecular complexity index is 398. The highest BCUT2D eigenvalue weighted by atomic mass is 16.4. The third kappa shape index (κ3) is 5.03. The van der Waals surface area contributed by atoms with E-state index in [1.807, 2.05) is 20.9 Å². The number of carboxylic acids is 1. The molecule has 3 heteroatoms. The molecule has 0 aromatic heterocycles. The van der Waals surface area contributed by atoms with E-state index in [-0.39, 0.29) is 11.8 Å². The van der Waals surface area contributed by atoms with Crippen molar-refractivity contribution in [2.45, 2.75) is 33.7 Å². The Kier molecular flexibility index (Phi) is 6.03. The Morgan fingerprint density at radius 2 is 1.74 bits per heavy atom. The molecule has 106 valence electrons. The summed E-state index contributed by atoms with van der Waals surface area (Å²) in [6.45, 7) is 7.44. The van der Waals surface area contributed by atoms with Gasteiger partial charge in [-0.05, 0) is 30.5 Å². The smallest absolute Gasteiger partial charge is 0.308 e. The van der Waals surface area contributed by atoms with Gasteiger partial charge in [0.05, 0.1) is 5.92 Å². The van der Waals surface area contributed by atoms with Crippen molar-refractivity contribution >= 4 is 5.97 Å². The normalized spacial score (nSPS) is 12.9. The van der Waals surface area contributed by atoms with Crippen LogP contribution in [-0.2, 0) is 17.8 Å². The van der Waals surface area contributed by atoms with Crippen LogP contribution in [0.3, 0.4) is 0 Å². The van der Waals surface area contributed by atoms with Crippen molar-refractivity contribution in [1.29, 1.82) is 0 Å². The minimum absolute atomic E-state index is 0.155. The fraction of sp³-hybridized carbons (Fsp3) is 0.562. The summed E-state index contributed by atoms with van der Waals surface area (Å²) in [6.07, 6.45) is 1.05. The number of carboxylic acid groups (broad SMARTS) is 1. The lowest BCUT2D eigenvalue weighted by Gasteiger charge is -2.23. The fourth-order valence-electron chi connectivity index (χ4n) is 2.17. The fourth-order valence-corrected chi connectivity index (χ4v) is 2.17. The molecule has 0 aliphatic heterocycles. The molecule has 1 unspecified atom stereocenters. The summed E-state index contributed by atoms with van der Waals surface area (Å²) in [7, 11) is 1.98. The number of hydrogen-bond donors (Lipinski definition) is 1. The molecule has 1 atom stereocenters. The first-order chi connectivity index (χ1) is 8.93. The zero-order valence-corrected chi connectivity index (χ0v) is 12.4. The van der Waals surface area contributed by atoms with Crippen LogP contribution in [0.5, 0.6) is 0 Å². The van der Waals surface area contributed by atoms with Gasteiger partial charge in [-0.3, -0.25) is 4.79 Å². The van der Waals surface area contributed by atoms with Crippen LogP contribution in [0.25, 0.3) is 0 Å². The molecule has 1 N–H and O–H groups in total. The van der Waals surface area contributed by atoms with Gasteiger partial charge in [-0.25, -0.2) is 0 Å². The number of nitrogens with zero attached hydrogens (tertiary/aromatic N) is 1. The van der Waals surface area contributed by atoms with Crippen LogP contribution < -0.4 is 0 Å². The van der Waals surface area contributed by atoms with Crippen molar-refractivity contribution in [2.24, 2.45) is 11.8 Å². The quantitative estimate of drug-likeness (QED) is 0.822. The molecule has 1 aromatic rings. The lowest BCUT2D eigenvalue weighted by Crippen LogP contribution is -2.33. The van der Waals surface area contributed by atoms with Crippen molar-refractivity contribution < 1.29 is 9.90 Å². The average Bonchev–Trinajstić information content (AvgIpc) is 2.36. The predicted molar refractivity (Wildman–Crippen MR) is 78.1 cm³/mol. The van der Waals surface area contributed by atoms with Crippen LogP contribution in [-0.4, -0.2) is 29.6 Å². The number of hydrogen-bond acceptors (Lipinski definition) is 2. The van der Waals surface area contributed by atoms with Crippen molar-refractivity contribution in [3.63, 3.8) is 0 Å². The van der Waals surface area contributed by atoms with Gasteiger partial charge in [0.2, 0.25) is 0 Å². The zero-order valence-electron chi connectivity index (χ0n) is 12.4. The molecule has 0 fully saturated rings. The summed E-state index contributed by atoms with van der Waals surface area (Å²) in [5.41, 5.74) is 2.56. The summed E-state index contributed by atoms with van der Waals surface area (Å²) in [4.78, 5) is 13.3. The van der Waals surface area contributed by atoms with Crippen molar-refractivity contribution in [3.05, 3.63) is 35.4 Å². The van der Waals surface area contributed by atoms with Crippen molar-refractivity contribution in [3.8, 4) is 0 Å². The van der Waals surface area contributed by atoms with E-state index < -0.39 is 5.97 Å². The molecule has 0 saturated carbocycles. The summed E-state index contributed by atoms with van der Waals surface area (Å²) < 4.78 is 0. The first kappa shape index (κ1) is 15.7. The first-order valence-electron chi connectivity index (χ1n) is 6.93. The Balaban J connectivity index is 2.58. The van der Waals surface area contributed by atoms with E-state index in [4.69, 9.17) is 0 Å². The van der Waals surface area contributed by atoms with Gasteiger partial charge >= 0.3 is 5.97 Å². The van der Waals surface area contributed by atoms with Crippen LogP contribution in [0, 0.1) is 11.8 Å². The van der Waals surface area contributed by atoms with Gasteiger partial charge < -0.3 is 10.0 Å². The summed E-state index contributed by atoms with van der Waals surface area (Å²) in [5.74, 6) is -0.856. The first-order valence-corrected chi connectivity index (χ1v) is 6.93. The van der Waals surface area contributed by atoms with Gasteiger partial charge in [0.25, 0.3) is 0 Å². The summed E-state index contributed by atoms with van der Waals surface area (Å²) in [6, 6.07) is 8.53. The molecule has 0 amide bonds. The highest BCUT2D eigenvalue weighted by Crippen LogP contribution is 2.14. The van der Waals surface area contributed by atoms with E-state index in [0.717, 1.165) is 13.0 Å². The van der Waals surface area contributed by atoms with Gasteiger partial charge in [0.1, 0.15) is 0 Å². The van der Waals surface area contributed by atoms with Gasteiger partial charge in [-0.1, -0.05) is 45.0 Å². The topological polar surface area (TPSA) is 40.5 Å². The van der Waals surface area contributed by atoms with Crippen molar-refractivity contribution in [2.75, 3.05) is 13.6 Å². The largest absolute Gasteiger partial charge is 0.481 e. The monoisotopic (exact) mass is 263 g/mol. The van der Waals surface area contributed by atoms with E-state index in [2.05, 4.69) is 36.1 Å². The maximum absolute atomic E-state index is 11.2. The van der Waals surface area contributed by atoms with E-state index in [1.54, 1.807) is 0 Å². The minimum Gasteiger partial charge on any atom is -0.481 e. The molecule has 1 aromatic carbocycles. The molecule has 19 heavy (non-hydrogen) atoms. The lowest BCUT2D eigenvalue weighted by molar-refractivity contribution is -0.144. The third-order valence-corrected chi connectivity index (χ3v) is 3.51. The lowest BCUT2D eigenvalue weighted by atomic mass is 9.95. The van der Waals surface area contributed by atoms with E-state index in [1.165, 1.54) is 11.1 Å². The third-order valence-electron chi connectivity index (χ3n) is 3.51. The standard InChI is InChI=1S/C16H25NO2/c1-5-13-6-8-14(9-7-13)10-17(4)11-15(12(2)3)16(18)19/h6-9,12,15H,5,10-11H2,1-4H3,(H,18,19). The molecule has 0 spiro atoms. The summed E-state index contributed by atoms with van der Waals surface area (Å²) >= 11 is 0. The Morgan fingerprint density at radius 1 is 1.21 bits per heavy atom. The Morgan fingerprint density at radius 3 is 2.16 bits per heavy atom. The van der Waals surface area contributed by atoms with E-state index >= 15 is 0 Å². The molecule has 0 heterocycles. The Hall–Kier alpha value is -1.35. The highest BCUT2D eigenvalue weighted by molar-refractivity contribution is 5.70. The zero-order chi connectivity index (χ0) is 14.4. The predicted octanol–water partition coefficient (Wildman–Crippen LogP) is 3.04. The Labute approximate surface area is 116 Å². The van der Waals surface area contributed by atoms with Crippen LogP contribution in [0.15, 0.2) is 24.3 Å². The van der Waals surface area contributed by atoms with E-state index in [0.29, 0.717) is 6.54 Å². The molecule has 3 nitrogen and oxygen atoms in total. The second-order valence-corrected chi connectivity index (χ2v) is 5.56. The van der Waals surface area contributed by atoms with Gasteiger partial charge in [0, 0.05) is 13.1 Å². The number of rotatable bonds is 7. The van der Waals surface area contributed by atoms with Gasteiger partial charge in [-0.2, -0.15) is 0 Å². The van der Waals surface area contributed by atoms with Crippen LogP contribution in [0.2, 0.25) is 0 Å². The van der Waals surface area contributed by atoms with Gasteiger partial charge in [0.15, 0.2) is 0 Å². The SMILES string of the molecule is CCc1ccc(CN(C)CC(C(=O)O)C(C)C)cc1. The minimum atomic E-state index is -0.705. The second kappa shape index (κ2) is 7.29. The molecule has 0 radical (unpaired) electrons.